The van der Waals surface area contributed by atoms with Crippen molar-refractivity contribution in [2.75, 3.05) is 31.3 Å². The van der Waals surface area contributed by atoms with Gasteiger partial charge < -0.3 is 15.3 Å². The highest BCUT2D eigenvalue weighted by atomic mass is 32.2. The number of anilines is 1. The van der Waals surface area contributed by atoms with E-state index in [1.165, 1.54) is 4.90 Å². The summed E-state index contributed by atoms with van der Waals surface area (Å²) in [5.41, 5.74) is 0.837. The molecular formula is C16H24N2O2S. The van der Waals surface area contributed by atoms with Gasteiger partial charge in [0, 0.05) is 30.3 Å². The van der Waals surface area contributed by atoms with Crippen LogP contribution in [0.2, 0.25) is 0 Å². The van der Waals surface area contributed by atoms with Gasteiger partial charge in [-0.3, -0.25) is 0 Å². The molecule has 0 unspecified atom stereocenters. The van der Waals surface area contributed by atoms with E-state index in [-0.39, 0.29) is 18.1 Å². The molecule has 5 heteroatoms. The number of rotatable bonds is 4. The Morgan fingerprint density at radius 3 is 2.43 bits per heavy atom. The normalized spacial score (nSPS) is 17.6. The molecule has 1 aromatic rings. The fourth-order valence-electron chi connectivity index (χ4n) is 2.68. The smallest absolute Gasteiger partial charge is 0.321 e. The first-order valence-electron chi connectivity index (χ1n) is 7.43. The largest absolute Gasteiger partial charge is 0.396 e. The van der Waals surface area contributed by atoms with Gasteiger partial charge in [-0.15, -0.1) is 11.8 Å². The zero-order valence-electron chi connectivity index (χ0n) is 12.8. The first-order chi connectivity index (χ1) is 10.1. The molecule has 1 aromatic carbocycles. The maximum atomic E-state index is 12.3. The lowest BCUT2D eigenvalue weighted by Crippen LogP contribution is -2.46. The van der Waals surface area contributed by atoms with Crippen LogP contribution in [0.25, 0.3) is 0 Å². The van der Waals surface area contributed by atoms with Crippen molar-refractivity contribution in [2.24, 2.45) is 5.41 Å². The highest BCUT2D eigenvalue weighted by Gasteiger charge is 2.33. The highest BCUT2D eigenvalue weighted by molar-refractivity contribution is 7.98. The summed E-state index contributed by atoms with van der Waals surface area (Å²) in [6.07, 6.45) is 4.75. The number of nitrogens with one attached hydrogen (secondary N) is 1. The molecular weight excluding hydrogens is 284 g/mol. The second kappa shape index (κ2) is 7.18. The first-order valence-corrected chi connectivity index (χ1v) is 8.66. The molecule has 0 radical (unpaired) electrons. The number of carbonyl (C=O) groups is 1. The Labute approximate surface area is 130 Å². The predicted molar refractivity (Wildman–Crippen MR) is 87.9 cm³/mol. The number of hydrogen-bond acceptors (Lipinski definition) is 3. The van der Waals surface area contributed by atoms with Crippen molar-refractivity contribution < 1.29 is 9.90 Å². The van der Waals surface area contributed by atoms with E-state index in [0.717, 1.165) is 24.9 Å². The third kappa shape index (κ3) is 3.92. The van der Waals surface area contributed by atoms with E-state index < -0.39 is 0 Å². The van der Waals surface area contributed by atoms with E-state index in [1.807, 2.05) is 35.4 Å². The molecule has 0 aliphatic carbocycles. The first kappa shape index (κ1) is 16.2. The number of aliphatic hydroxyl groups excluding tert-OH is 1. The minimum absolute atomic E-state index is 0.0107. The SMILES string of the molecule is CCC1(CO)CCN(C(=O)Nc2ccc(SC)cc2)CC1. The van der Waals surface area contributed by atoms with Gasteiger partial charge in [-0.05, 0) is 55.2 Å². The molecule has 1 aliphatic rings. The van der Waals surface area contributed by atoms with Gasteiger partial charge in [-0.2, -0.15) is 0 Å². The summed E-state index contributed by atoms with van der Waals surface area (Å²) in [7, 11) is 0. The molecule has 4 nitrogen and oxygen atoms in total. The summed E-state index contributed by atoms with van der Waals surface area (Å²) >= 11 is 1.68. The molecule has 0 saturated carbocycles. The number of nitrogens with zero attached hydrogens (tertiary/aromatic N) is 1. The summed E-state index contributed by atoms with van der Waals surface area (Å²) in [6.45, 7) is 3.75. The van der Waals surface area contributed by atoms with E-state index in [9.17, 15) is 9.90 Å². The van der Waals surface area contributed by atoms with Crippen LogP contribution in [0.5, 0.6) is 0 Å². The van der Waals surface area contributed by atoms with Gasteiger partial charge in [-0.25, -0.2) is 4.79 Å². The van der Waals surface area contributed by atoms with Gasteiger partial charge in [0.05, 0.1) is 0 Å². The van der Waals surface area contributed by atoms with Crippen molar-refractivity contribution in [1.82, 2.24) is 4.90 Å². The second-order valence-corrected chi connectivity index (χ2v) is 6.54. The number of urea groups is 1. The summed E-state index contributed by atoms with van der Waals surface area (Å²) in [6, 6.07) is 7.82. The number of carbonyl (C=O) groups excluding carboxylic acids is 1. The Morgan fingerprint density at radius 2 is 1.95 bits per heavy atom. The Hall–Kier alpha value is -1.20. The molecule has 1 fully saturated rings. The zero-order chi connectivity index (χ0) is 15.3. The quantitative estimate of drug-likeness (QED) is 0.838. The fourth-order valence-corrected chi connectivity index (χ4v) is 3.09. The molecule has 0 aromatic heterocycles. The number of hydrogen-bond donors (Lipinski definition) is 2. The third-order valence-corrected chi connectivity index (χ3v) is 5.28. The highest BCUT2D eigenvalue weighted by Crippen LogP contribution is 2.34. The van der Waals surface area contributed by atoms with E-state index >= 15 is 0 Å². The average molecular weight is 308 g/mol. The third-order valence-electron chi connectivity index (χ3n) is 4.54. The zero-order valence-corrected chi connectivity index (χ0v) is 13.6. The number of benzene rings is 1. The predicted octanol–water partition coefficient (Wildman–Crippen LogP) is 3.42. The maximum Gasteiger partial charge on any atom is 0.321 e. The van der Waals surface area contributed by atoms with E-state index in [1.54, 1.807) is 11.8 Å². The van der Waals surface area contributed by atoms with Crippen LogP contribution in [0, 0.1) is 5.41 Å². The van der Waals surface area contributed by atoms with Crippen molar-refractivity contribution in [3.05, 3.63) is 24.3 Å². The van der Waals surface area contributed by atoms with Crippen LogP contribution in [0.15, 0.2) is 29.2 Å². The minimum Gasteiger partial charge on any atom is -0.396 e. The van der Waals surface area contributed by atoms with Crippen LogP contribution in [-0.4, -0.2) is 42.0 Å². The molecule has 21 heavy (non-hydrogen) atoms. The monoisotopic (exact) mass is 308 g/mol. The fraction of sp³-hybridized carbons (Fsp3) is 0.562. The average Bonchev–Trinajstić information content (AvgIpc) is 2.55. The number of amides is 2. The Kier molecular flexibility index (Phi) is 5.53. The molecule has 0 atom stereocenters. The van der Waals surface area contributed by atoms with Crippen molar-refractivity contribution in [3.63, 3.8) is 0 Å². The number of likely N-dealkylation sites (tertiary alicyclic amines) is 1. The summed E-state index contributed by atoms with van der Waals surface area (Å²) in [5, 5.41) is 12.5. The molecule has 116 valence electrons. The van der Waals surface area contributed by atoms with Crippen molar-refractivity contribution in [2.45, 2.75) is 31.1 Å². The standard InChI is InChI=1S/C16H24N2O2S/c1-3-16(12-19)8-10-18(11-9-16)15(20)17-13-4-6-14(21-2)7-5-13/h4-7,19H,3,8-12H2,1-2H3,(H,17,20). The maximum absolute atomic E-state index is 12.3. The van der Waals surface area contributed by atoms with Gasteiger partial charge in [0.1, 0.15) is 0 Å². The van der Waals surface area contributed by atoms with Gasteiger partial charge >= 0.3 is 6.03 Å². The van der Waals surface area contributed by atoms with Crippen molar-refractivity contribution in [1.29, 1.82) is 0 Å². The van der Waals surface area contributed by atoms with E-state index in [2.05, 4.69) is 12.2 Å². The molecule has 2 rings (SSSR count). The molecule has 2 N–H and O–H groups in total. The Morgan fingerprint density at radius 1 is 1.33 bits per heavy atom. The summed E-state index contributed by atoms with van der Waals surface area (Å²) in [5.74, 6) is 0. The van der Waals surface area contributed by atoms with Gasteiger partial charge in [-0.1, -0.05) is 6.92 Å². The Bertz CT molecular complexity index is 462. The molecule has 0 bridgehead atoms. The molecule has 1 heterocycles. The lowest BCUT2D eigenvalue weighted by molar-refractivity contribution is 0.0542. The second-order valence-electron chi connectivity index (χ2n) is 5.66. The minimum atomic E-state index is -0.0467. The van der Waals surface area contributed by atoms with Crippen LogP contribution >= 0.6 is 11.8 Å². The number of piperidine rings is 1. The number of thioether (sulfide) groups is 1. The van der Waals surface area contributed by atoms with Gasteiger partial charge in [0.2, 0.25) is 0 Å². The number of aliphatic hydroxyl groups is 1. The Balaban J connectivity index is 1.89. The molecule has 0 spiro atoms. The lowest BCUT2D eigenvalue weighted by Gasteiger charge is -2.40. The lowest BCUT2D eigenvalue weighted by atomic mass is 9.77. The van der Waals surface area contributed by atoms with Crippen molar-refractivity contribution >= 4 is 23.5 Å². The van der Waals surface area contributed by atoms with E-state index in [0.29, 0.717) is 13.1 Å². The molecule has 1 aliphatic heterocycles. The van der Waals surface area contributed by atoms with Gasteiger partial charge in [0.25, 0.3) is 0 Å². The van der Waals surface area contributed by atoms with E-state index in [4.69, 9.17) is 0 Å². The van der Waals surface area contributed by atoms with Crippen LogP contribution in [0.1, 0.15) is 26.2 Å². The van der Waals surface area contributed by atoms with Gasteiger partial charge in [0.15, 0.2) is 0 Å². The van der Waals surface area contributed by atoms with Crippen LogP contribution in [-0.2, 0) is 0 Å². The van der Waals surface area contributed by atoms with Crippen molar-refractivity contribution in [3.8, 4) is 0 Å². The molecule has 2 amide bonds. The van der Waals surface area contributed by atoms with Crippen LogP contribution in [0.3, 0.4) is 0 Å². The topological polar surface area (TPSA) is 52.6 Å². The summed E-state index contributed by atoms with van der Waals surface area (Å²) < 4.78 is 0. The summed E-state index contributed by atoms with van der Waals surface area (Å²) in [4.78, 5) is 15.3. The van der Waals surface area contributed by atoms with Crippen LogP contribution < -0.4 is 5.32 Å². The van der Waals surface area contributed by atoms with Crippen LogP contribution in [0.4, 0.5) is 10.5 Å². The molecule has 1 saturated heterocycles.